The van der Waals surface area contributed by atoms with Gasteiger partial charge in [0.2, 0.25) is 0 Å². The van der Waals surface area contributed by atoms with E-state index in [0.29, 0.717) is 11.1 Å². The second-order valence-corrected chi connectivity index (χ2v) is 11.3. The fourth-order valence-electron chi connectivity index (χ4n) is 3.89. The van der Waals surface area contributed by atoms with Crippen LogP contribution in [-0.4, -0.2) is 12.9 Å². The van der Waals surface area contributed by atoms with Crippen molar-refractivity contribution in [3.63, 3.8) is 0 Å². The van der Waals surface area contributed by atoms with Gasteiger partial charge in [0.25, 0.3) is 0 Å². The largest absolute Gasteiger partial charge is 0.497 e. The standard InChI is InChI=1S/C32H25O2S2/c1-34-26-14-20-30(21-15-26)36(31-22-16-28(17-23-31)35-27-10-6-3-7-11-27)29-18-12-25(13-19-29)32(33)24-8-4-2-5-9-24/h2-23H,1H3/q+1. The summed E-state index contributed by atoms with van der Waals surface area (Å²) in [5, 5.41) is 0. The lowest BCUT2D eigenvalue weighted by atomic mass is 10.0. The third-order valence-corrected chi connectivity index (χ3v) is 8.97. The Balaban J connectivity index is 1.46. The van der Waals surface area contributed by atoms with Crippen LogP contribution in [0.2, 0.25) is 0 Å². The first-order valence-electron chi connectivity index (χ1n) is 11.6. The zero-order valence-electron chi connectivity index (χ0n) is 19.8. The Morgan fingerprint density at radius 1 is 0.556 bits per heavy atom. The smallest absolute Gasteiger partial charge is 0.193 e. The summed E-state index contributed by atoms with van der Waals surface area (Å²) < 4.78 is 5.38. The van der Waals surface area contributed by atoms with Crippen LogP contribution in [0.15, 0.2) is 158 Å². The van der Waals surface area contributed by atoms with Crippen LogP contribution in [0, 0.1) is 0 Å². The molecule has 0 fully saturated rings. The van der Waals surface area contributed by atoms with Crippen molar-refractivity contribution in [3.05, 3.63) is 145 Å². The maximum absolute atomic E-state index is 12.9. The highest BCUT2D eigenvalue weighted by Crippen LogP contribution is 2.35. The van der Waals surface area contributed by atoms with Gasteiger partial charge in [-0.15, -0.1) is 0 Å². The second kappa shape index (κ2) is 11.3. The zero-order valence-corrected chi connectivity index (χ0v) is 21.5. The average molecular weight is 506 g/mol. The minimum atomic E-state index is -0.322. The highest BCUT2D eigenvalue weighted by molar-refractivity contribution is 7.99. The summed E-state index contributed by atoms with van der Waals surface area (Å²) >= 11 is 1.76. The summed E-state index contributed by atoms with van der Waals surface area (Å²) in [5.74, 6) is 0.870. The molecule has 0 aliphatic carbocycles. The van der Waals surface area contributed by atoms with Gasteiger partial charge in [-0.25, -0.2) is 0 Å². The third-order valence-electron chi connectivity index (χ3n) is 5.72. The highest BCUT2D eigenvalue weighted by atomic mass is 32.2. The molecule has 1 atom stereocenters. The van der Waals surface area contributed by atoms with Crippen LogP contribution in [0.4, 0.5) is 0 Å². The van der Waals surface area contributed by atoms with E-state index < -0.39 is 0 Å². The molecule has 0 N–H and O–H groups in total. The Bertz CT molecular complexity index is 1410. The van der Waals surface area contributed by atoms with E-state index in [1.807, 2.05) is 60.7 Å². The van der Waals surface area contributed by atoms with Crippen LogP contribution < -0.4 is 4.74 Å². The van der Waals surface area contributed by atoms with Gasteiger partial charge in [-0.3, -0.25) is 4.79 Å². The SMILES string of the molecule is COc1ccc([S+](c2ccc(Sc3ccccc3)cc2)c2ccc(C(=O)c3ccccc3)cc2)cc1. The van der Waals surface area contributed by atoms with Crippen molar-refractivity contribution in [2.45, 2.75) is 24.5 Å². The molecule has 0 spiro atoms. The number of carbonyl (C=O) groups is 1. The minimum Gasteiger partial charge on any atom is -0.497 e. The lowest BCUT2D eigenvalue weighted by Gasteiger charge is -2.10. The molecular formula is C32H25O2S2+. The molecule has 5 aromatic rings. The first-order valence-corrected chi connectivity index (χ1v) is 13.7. The molecule has 0 aliphatic rings. The Labute approximate surface area is 219 Å². The van der Waals surface area contributed by atoms with Crippen molar-refractivity contribution in [1.82, 2.24) is 0 Å². The molecule has 176 valence electrons. The Morgan fingerprint density at radius 2 is 1.00 bits per heavy atom. The quantitative estimate of drug-likeness (QED) is 0.157. The van der Waals surface area contributed by atoms with E-state index in [-0.39, 0.29) is 16.7 Å². The lowest BCUT2D eigenvalue weighted by molar-refractivity contribution is 0.103. The fraction of sp³-hybridized carbons (Fsp3) is 0.0312. The molecule has 5 rings (SSSR count). The maximum atomic E-state index is 12.9. The maximum Gasteiger partial charge on any atom is 0.193 e. The van der Waals surface area contributed by atoms with E-state index in [2.05, 4.69) is 72.8 Å². The van der Waals surface area contributed by atoms with Gasteiger partial charge in [0.1, 0.15) is 5.75 Å². The van der Waals surface area contributed by atoms with E-state index in [1.54, 1.807) is 18.9 Å². The van der Waals surface area contributed by atoms with Gasteiger partial charge in [0.05, 0.1) is 18.0 Å². The van der Waals surface area contributed by atoms with Gasteiger partial charge in [-0.1, -0.05) is 60.3 Å². The van der Waals surface area contributed by atoms with Crippen LogP contribution in [0.3, 0.4) is 0 Å². The molecule has 0 heterocycles. The molecule has 5 aromatic carbocycles. The number of methoxy groups -OCH3 is 1. The van der Waals surface area contributed by atoms with Gasteiger partial charge in [-0.05, 0) is 84.9 Å². The molecule has 0 saturated carbocycles. The van der Waals surface area contributed by atoms with Crippen LogP contribution in [0.1, 0.15) is 15.9 Å². The van der Waals surface area contributed by atoms with Crippen LogP contribution >= 0.6 is 11.8 Å². The van der Waals surface area contributed by atoms with Crippen LogP contribution in [-0.2, 0) is 10.9 Å². The predicted octanol–water partition coefficient (Wildman–Crippen LogP) is 8.17. The van der Waals surface area contributed by atoms with Crippen LogP contribution in [0.5, 0.6) is 5.75 Å². The van der Waals surface area contributed by atoms with E-state index in [9.17, 15) is 4.79 Å². The lowest BCUT2D eigenvalue weighted by Crippen LogP contribution is -2.06. The first-order chi connectivity index (χ1) is 17.7. The number of hydrogen-bond donors (Lipinski definition) is 0. The molecule has 36 heavy (non-hydrogen) atoms. The second-order valence-electron chi connectivity index (χ2n) is 8.09. The molecule has 1 unspecified atom stereocenters. The summed E-state index contributed by atoms with van der Waals surface area (Å²) in [6, 6.07) is 44.9. The van der Waals surface area contributed by atoms with Crippen molar-refractivity contribution in [2.24, 2.45) is 0 Å². The molecule has 0 radical (unpaired) electrons. The number of hydrogen-bond acceptors (Lipinski definition) is 3. The monoisotopic (exact) mass is 505 g/mol. The highest BCUT2D eigenvalue weighted by Gasteiger charge is 2.29. The molecule has 4 heteroatoms. The summed E-state index contributed by atoms with van der Waals surface area (Å²) in [5.41, 5.74) is 1.39. The predicted molar refractivity (Wildman–Crippen MR) is 148 cm³/mol. The van der Waals surface area contributed by atoms with Gasteiger partial charge in [0, 0.05) is 20.9 Å². The molecule has 0 aromatic heterocycles. The third kappa shape index (κ3) is 5.56. The van der Waals surface area contributed by atoms with Crippen LogP contribution in [0.25, 0.3) is 0 Å². The number of ether oxygens (including phenoxy) is 1. The van der Waals surface area contributed by atoms with Crippen molar-refractivity contribution in [2.75, 3.05) is 7.11 Å². The molecule has 2 nitrogen and oxygen atoms in total. The Hall–Kier alpha value is -3.73. The molecule has 0 bridgehead atoms. The van der Waals surface area contributed by atoms with Crippen molar-refractivity contribution in [3.8, 4) is 5.75 Å². The van der Waals surface area contributed by atoms with E-state index in [0.717, 1.165) is 10.6 Å². The Morgan fingerprint density at radius 3 is 1.56 bits per heavy atom. The first kappa shape index (κ1) is 24.0. The topological polar surface area (TPSA) is 26.3 Å². The number of carbonyl (C=O) groups excluding carboxylic acids is 1. The summed E-state index contributed by atoms with van der Waals surface area (Å²) in [7, 11) is 1.36. The van der Waals surface area contributed by atoms with Gasteiger partial charge < -0.3 is 4.74 Å². The van der Waals surface area contributed by atoms with Gasteiger partial charge in [-0.2, -0.15) is 0 Å². The van der Waals surface area contributed by atoms with E-state index >= 15 is 0 Å². The van der Waals surface area contributed by atoms with Crippen molar-refractivity contribution >= 4 is 28.4 Å². The molecular weight excluding hydrogens is 480 g/mol. The number of benzene rings is 5. The zero-order chi connectivity index (χ0) is 24.7. The number of ketones is 1. The summed E-state index contributed by atoms with van der Waals surface area (Å²) in [6.07, 6.45) is 0. The molecule has 0 aliphatic heterocycles. The number of rotatable bonds is 8. The normalized spacial score (nSPS) is 11.6. The molecule has 0 saturated heterocycles. The van der Waals surface area contributed by atoms with E-state index in [1.165, 1.54) is 19.6 Å². The summed E-state index contributed by atoms with van der Waals surface area (Å²) in [4.78, 5) is 18.9. The molecule has 0 amide bonds. The van der Waals surface area contributed by atoms with Crippen molar-refractivity contribution in [1.29, 1.82) is 0 Å². The van der Waals surface area contributed by atoms with Gasteiger partial charge >= 0.3 is 0 Å². The average Bonchev–Trinajstić information content (AvgIpc) is 2.95. The van der Waals surface area contributed by atoms with Gasteiger partial charge in [0.15, 0.2) is 20.5 Å². The Kier molecular flexibility index (Phi) is 7.55. The van der Waals surface area contributed by atoms with E-state index in [4.69, 9.17) is 4.74 Å². The fourth-order valence-corrected chi connectivity index (χ4v) is 6.77. The summed E-state index contributed by atoms with van der Waals surface area (Å²) in [6.45, 7) is 0. The minimum absolute atomic E-state index is 0.0359. The van der Waals surface area contributed by atoms with Crippen molar-refractivity contribution < 1.29 is 9.53 Å².